The average molecular weight is 799 g/mol. The Labute approximate surface area is 364 Å². The number of ketones is 6. The Balaban J connectivity index is 0.00000523. The Morgan fingerprint density at radius 2 is 0.855 bits per heavy atom. The second-order valence-corrected chi connectivity index (χ2v) is 17.7. The molecule has 0 spiro atoms. The smallest absolute Gasteiger partial charge is 0.408 e. The summed E-state index contributed by atoms with van der Waals surface area (Å²) in [4.78, 5) is 105. The van der Waals surface area contributed by atoms with E-state index in [4.69, 9.17) is 9.47 Å². The van der Waals surface area contributed by atoms with Gasteiger partial charge in [0.25, 0.3) is 0 Å². The minimum absolute atomic E-state index is 0. The number of sulfone groups is 1. The van der Waals surface area contributed by atoms with Crippen LogP contribution >= 0.6 is 0 Å². The van der Waals surface area contributed by atoms with E-state index in [2.05, 4.69) is 10.6 Å². The van der Waals surface area contributed by atoms with Gasteiger partial charge in [0.15, 0.2) is 34.7 Å². The molecule has 2 amide bonds. The Bertz CT molecular complexity index is 1920. The molecule has 2 aromatic carbocycles. The normalized spacial score (nSPS) is 17.7. The van der Waals surface area contributed by atoms with Crippen LogP contribution < -0.4 is 10.6 Å². The van der Waals surface area contributed by atoms with Gasteiger partial charge in [-0.1, -0.05) is 27.7 Å². The van der Waals surface area contributed by atoms with Crippen molar-refractivity contribution in [2.45, 2.75) is 102 Å². The zero-order chi connectivity index (χ0) is 40.1. The predicted octanol–water partition coefficient (Wildman–Crippen LogP) is 3.99. The summed E-state index contributed by atoms with van der Waals surface area (Å²) in [5, 5.41) is 4.86. The Kier molecular flexibility index (Phi) is 15.4. The van der Waals surface area contributed by atoms with Crippen molar-refractivity contribution in [1.82, 2.24) is 10.6 Å². The van der Waals surface area contributed by atoms with Crippen molar-refractivity contribution in [3.63, 3.8) is 0 Å². The van der Waals surface area contributed by atoms with E-state index in [1.165, 1.54) is 0 Å². The van der Waals surface area contributed by atoms with Gasteiger partial charge in [-0.25, -0.2) is 18.0 Å². The largest absolute Gasteiger partial charge is 0.444 e. The molecule has 17 heteroatoms. The molecule has 0 heterocycles. The van der Waals surface area contributed by atoms with Crippen LogP contribution in [-0.4, -0.2) is 138 Å². The van der Waals surface area contributed by atoms with Gasteiger partial charge in [-0.15, -0.1) is 0 Å². The van der Waals surface area contributed by atoms with Crippen molar-refractivity contribution >= 4 is 116 Å². The summed E-state index contributed by atoms with van der Waals surface area (Å²) < 4.78 is 38.2. The number of nitrogens with one attached hydrogen (secondary N) is 2. The van der Waals surface area contributed by atoms with Crippen LogP contribution in [0, 0.1) is 23.7 Å². The summed E-state index contributed by atoms with van der Waals surface area (Å²) in [6.07, 6.45) is -1.84. The molecule has 2 aromatic rings. The Morgan fingerprint density at radius 3 is 1.13 bits per heavy atom. The first-order chi connectivity index (χ1) is 24.3. The first-order valence-electron chi connectivity index (χ1n) is 17.0. The molecular weight excluding hydrogens is 754 g/mol. The van der Waals surface area contributed by atoms with Gasteiger partial charge >= 0.3 is 12.2 Å². The van der Waals surface area contributed by atoms with Crippen LogP contribution in [-0.2, 0) is 28.9 Å². The number of hydrogen-bond donors (Lipinski definition) is 2. The van der Waals surface area contributed by atoms with Crippen molar-refractivity contribution in [2.75, 3.05) is 0 Å². The number of carbonyl (C=O) groups excluding carboxylic acids is 8. The number of rotatable bonds is 10. The van der Waals surface area contributed by atoms with Crippen LogP contribution in [0.3, 0.4) is 0 Å². The third-order valence-corrected chi connectivity index (χ3v) is 10.3. The maximum absolute atomic E-state index is 13.9. The number of alkyl carbamates (subject to hydrolysis) is 2. The standard InChI is InChI=1S/C38H44N2O12S.2Na/c1-17(2)27(39-35(47)51-37(5,6)7)33(45)25-29(41)21-13-11-19(15-23(21)31(25)43)53(49,50)20-12-14-22-24(16-20)32(44)26(30(22)42)34(46)28(18(3)4)40-36(48)52-38(8,9)10;;/h11-18,25-28H,1-10H3,(H,39,47)(H,40,48);;/t25?,26?,27-,28-;;/m1../s1. The third-order valence-electron chi connectivity index (χ3n) is 8.57. The van der Waals surface area contributed by atoms with Gasteiger partial charge in [0.2, 0.25) is 9.84 Å². The van der Waals surface area contributed by atoms with Crippen LogP contribution in [0.1, 0.15) is 111 Å². The summed E-state index contributed by atoms with van der Waals surface area (Å²) in [6.45, 7) is 16.2. The van der Waals surface area contributed by atoms with Crippen LogP contribution in [0.5, 0.6) is 0 Å². The minimum atomic E-state index is -4.51. The number of Topliss-reactive ketones (excluding diaryl/α,β-unsaturated/α-hetero) is 6. The molecule has 286 valence electrons. The van der Waals surface area contributed by atoms with E-state index in [0.717, 1.165) is 36.4 Å². The second-order valence-electron chi connectivity index (χ2n) is 15.8. The van der Waals surface area contributed by atoms with Crippen LogP contribution in [0.25, 0.3) is 0 Å². The van der Waals surface area contributed by atoms with Crippen molar-refractivity contribution < 1.29 is 56.2 Å². The minimum Gasteiger partial charge on any atom is -0.444 e. The van der Waals surface area contributed by atoms with E-state index in [-0.39, 0.29) is 81.4 Å². The molecule has 2 radical (unpaired) electrons. The molecule has 4 atom stereocenters. The number of ether oxygens (including phenoxy) is 2. The van der Waals surface area contributed by atoms with Crippen molar-refractivity contribution in [1.29, 1.82) is 0 Å². The Hall–Kier alpha value is -3.05. The quantitative estimate of drug-likeness (QED) is 0.258. The summed E-state index contributed by atoms with van der Waals surface area (Å²) in [7, 11) is -4.51. The molecule has 0 aliphatic heterocycles. The van der Waals surface area contributed by atoms with Gasteiger partial charge in [0.05, 0.1) is 21.9 Å². The van der Waals surface area contributed by atoms with Crippen LogP contribution in [0.4, 0.5) is 9.59 Å². The first-order valence-corrected chi connectivity index (χ1v) is 18.5. The number of amides is 2. The van der Waals surface area contributed by atoms with Crippen LogP contribution in [0.15, 0.2) is 46.2 Å². The van der Waals surface area contributed by atoms with Gasteiger partial charge in [0, 0.05) is 81.4 Å². The maximum Gasteiger partial charge on any atom is 0.408 e. The topological polar surface area (TPSA) is 213 Å². The monoisotopic (exact) mass is 798 g/mol. The molecule has 0 saturated carbocycles. The fourth-order valence-corrected chi connectivity index (χ4v) is 7.40. The molecule has 2 N–H and O–H groups in total. The van der Waals surface area contributed by atoms with Gasteiger partial charge in [0.1, 0.15) is 23.0 Å². The van der Waals surface area contributed by atoms with Gasteiger partial charge < -0.3 is 20.1 Å². The summed E-state index contributed by atoms with van der Waals surface area (Å²) in [5.41, 5.74) is -2.76. The van der Waals surface area contributed by atoms with E-state index < -0.39 is 113 Å². The number of hydrogen-bond acceptors (Lipinski definition) is 12. The first kappa shape index (κ1) is 48.1. The molecule has 0 fully saturated rings. The van der Waals surface area contributed by atoms with Gasteiger partial charge in [-0.05, 0) is 89.8 Å². The fourth-order valence-electron chi connectivity index (χ4n) is 6.09. The average Bonchev–Trinajstić information content (AvgIpc) is 3.43. The molecular formula is C38H44N2Na2O12S. The maximum atomic E-state index is 13.9. The summed E-state index contributed by atoms with van der Waals surface area (Å²) >= 11 is 0. The summed E-state index contributed by atoms with van der Waals surface area (Å²) in [6, 6.07) is 3.76. The molecule has 4 rings (SSSR count). The molecule has 2 aliphatic rings. The molecule has 2 unspecified atom stereocenters. The van der Waals surface area contributed by atoms with Crippen molar-refractivity contribution in [3.05, 3.63) is 58.7 Å². The van der Waals surface area contributed by atoms with E-state index in [1.807, 2.05) is 0 Å². The van der Waals surface area contributed by atoms with E-state index in [1.54, 1.807) is 69.2 Å². The van der Waals surface area contributed by atoms with E-state index >= 15 is 0 Å². The summed E-state index contributed by atoms with van der Waals surface area (Å²) in [5.74, 6) is -10.1. The molecule has 14 nitrogen and oxygen atoms in total. The molecule has 55 heavy (non-hydrogen) atoms. The SMILES string of the molecule is CC(C)[C@@H](NC(=O)OC(C)(C)C)C(=O)C1C(=O)c2ccc(S(=O)(=O)c3ccc4c(c3)C(=O)C(C(=O)[C@H](NC(=O)OC(C)(C)C)C(C)C)C4=O)cc2C1=O.[Na].[Na]. The molecule has 0 saturated heterocycles. The van der Waals surface area contributed by atoms with E-state index in [0.29, 0.717) is 0 Å². The number of carbonyl (C=O) groups is 8. The molecule has 0 aromatic heterocycles. The molecule has 0 bridgehead atoms. The fraction of sp³-hybridized carbons (Fsp3) is 0.474. The number of benzene rings is 2. The third kappa shape index (κ3) is 10.3. The number of fused-ring (bicyclic) bond motifs is 2. The van der Waals surface area contributed by atoms with Gasteiger partial charge in [-0.2, -0.15) is 0 Å². The van der Waals surface area contributed by atoms with Crippen molar-refractivity contribution in [2.24, 2.45) is 23.7 Å². The van der Waals surface area contributed by atoms with Gasteiger partial charge in [-0.3, -0.25) is 28.8 Å². The van der Waals surface area contributed by atoms with Crippen molar-refractivity contribution in [3.8, 4) is 0 Å². The predicted molar refractivity (Wildman–Crippen MR) is 200 cm³/mol. The zero-order valence-corrected chi connectivity index (χ0v) is 38.1. The second kappa shape index (κ2) is 17.6. The molecule has 2 aliphatic carbocycles. The van der Waals surface area contributed by atoms with E-state index in [9.17, 15) is 46.8 Å². The van der Waals surface area contributed by atoms with Crippen LogP contribution in [0.2, 0.25) is 0 Å². The Morgan fingerprint density at radius 1 is 0.564 bits per heavy atom. The zero-order valence-electron chi connectivity index (χ0n) is 33.2.